The summed E-state index contributed by atoms with van der Waals surface area (Å²) in [6.07, 6.45) is 3.01. The van der Waals surface area contributed by atoms with Gasteiger partial charge in [0.15, 0.2) is 0 Å². The predicted octanol–water partition coefficient (Wildman–Crippen LogP) is 5.33. The Morgan fingerprint density at radius 1 is 1.00 bits per heavy atom. The Balaban J connectivity index is 1.52. The molecule has 9 heteroatoms. The standard InChI is InChI=1S/C24H21BrN6O2/c25-20-8-4-5-18(15-20)17-30(14-13-26-23-10-9-21(16-28-23)31(32)33)24-27-12-11-22(29-24)19-6-2-1-3-7-19/h1-12,15-16H,13-14,17H2,(H,26,28). The maximum Gasteiger partial charge on any atom is 0.287 e. The summed E-state index contributed by atoms with van der Waals surface area (Å²) >= 11 is 3.53. The van der Waals surface area contributed by atoms with Gasteiger partial charge in [0.05, 0.1) is 10.6 Å². The molecule has 0 saturated heterocycles. The summed E-state index contributed by atoms with van der Waals surface area (Å²) in [4.78, 5) is 25.9. The molecule has 33 heavy (non-hydrogen) atoms. The van der Waals surface area contributed by atoms with Crippen LogP contribution in [0.4, 0.5) is 17.5 Å². The van der Waals surface area contributed by atoms with E-state index in [-0.39, 0.29) is 5.69 Å². The van der Waals surface area contributed by atoms with E-state index in [4.69, 9.17) is 4.98 Å². The highest BCUT2D eigenvalue weighted by Crippen LogP contribution is 2.21. The summed E-state index contributed by atoms with van der Waals surface area (Å²) in [5, 5.41) is 14.0. The normalized spacial score (nSPS) is 10.6. The molecule has 0 spiro atoms. The first-order valence-corrected chi connectivity index (χ1v) is 11.1. The third kappa shape index (κ3) is 6.11. The van der Waals surface area contributed by atoms with Crippen LogP contribution >= 0.6 is 15.9 Å². The van der Waals surface area contributed by atoms with E-state index >= 15 is 0 Å². The van der Waals surface area contributed by atoms with Crippen molar-refractivity contribution >= 4 is 33.4 Å². The van der Waals surface area contributed by atoms with E-state index in [2.05, 4.69) is 48.2 Å². The minimum Gasteiger partial charge on any atom is -0.368 e. The Kier molecular flexibility index (Phi) is 7.21. The lowest BCUT2D eigenvalue weighted by Gasteiger charge is -2.23. The van der Waals surface area contributed by atoms with Crippen LogP contribution in [0.15, 0.2) is 89.7 Å². The lowest BCUT2D eigenvalue weighted by Crippen LogP contribution is -2.30. The molecule has 4 aromatic rings. The molecule has 0 bridgehead atoms. The molecule has 2 aromatic heterocycles. The van der Waals surface area contributed by atoms with E-state index < -0.39 is 4.92 Å². The topological polar surface area (TPSA) is 97.1 Å². The summed E-state index contributed by atoms with van der Waals surface area (Å²) in [7, 11) is 0. The second-order valence-electron chi connectivity index (χ2n) is 7.24. The summed E-state index contributed by atoms with van der Waals surface area (Å²) in [5.74, 6) is 1.19. The van der Waals surface area contributed by atoms with Gasteiger partial charge in [-0.25, -0.2) is 15.0 Å². The number of nitro groups is 1. The molecule has 2 aromatic carbocycles. The van der Waals surface area contributed by atoms with Crippen LogP contribution in [0.2, 0.25) is 0 Å². The predicted molar refractivity (Wildman–Crippen MR) is 132 cm³/mol. The molecule has 0 radical (unpaired) electrons. The van der Waals surface area contributed by atoms with Crippen molar-refractivity contribution in [3.8, 4) is 11.3 Å². The average Bonchev–Trinajstić information content (AvgIpc) is 2.84. The van der Waals surface area contributed by atoms with E-state index in [1.807, 2.05) is 48.5 Å². The van der Waals surface area contributed by atoms with Gasteiger partial charge in [0.25, 0.3) is 5.69 Å². The van der Waals surface area contributed by atoms with Crippen LogP contribution in [0, 0.1) is 10.1 Å². The van der Waals surface area contributed by atoms with Gasteiger partial charge in [-0.2, -0.15) is 0 Å². The molecule has 1 N–H and O–H groups in total. The van der Waals surface area contributed by atoms with Gasteiger partial charge in [-0.1, -0.05) is 58.4 Å². The van der Waals surface area contributed by atoms with Crippen LogP contribution in [0.25, 0.3) is 11.3 Å². The maximum absolute atomic E-state index is 10.8. The number of hydrogen-bond donors (Lipinski definition) is 1. The third-order valence-electron chi connectivity index (χ3n) is 4.90. The van der Waals surface area contributed by atoms with Crippen molar-refractivity contribution in [1.29, 1.82) is 0 Å². The average molecular weight is 505 g/mol. The lowest BCUT2D eigenvalue weighted by atomic mass is 10.1. The summed E-state index contributed by atoms with van der Waals surface area (Å²) in [5.41, 5.74) is 2.95. The van der Waals surface area contributed by atoms with Crippen molar-refractivity contribution in [2.45, 2.75) is 6.54 Å². The number of aromatic nitrogens is 3. The smallest absolute Gasteiger partial charge is 0.287 e. The quantitative estimate of drug-likeness (QED) is 0.243. The number of nitrogens with one attached hydrogen (secondary N) is 1. The first kappa shape index (κ1) is 22.3. The molecule has 0 atom stereocenters. The first-order valence-electron chi connectivity index (χ1n) is 10.3. The van der Waals surface area contributed by atoms with Crippen molar-refractivity contribution in [3.05, 3.63) is 105 Å². The highest BCUT2D eigenvalue weighted by atomic mass is 79.9. The minimum absolute atomic E-state index is 0.0389. The fourth-order valence-electron chi connectivity index (χ4n) is 3.29. The second-order valence-corrected chi connectivity index (χ2v) is 8.16. The molecule has 0 aliphatic carbocycles. The van der Waals surface area contributed by atoms with Crippen LogP contribution in [0.3, 0.4) is 0 Å². The molecule has 0 unspecified atom stereocenters. The molecular formula is C24H21BrN6O2. The Labute approximate surface area is 199 Å². The maximum atomic E-state index is 10.8. The minimum atomic E-state index is -0.465. The number of anilines is 2. The Hall–Kier alpha value is -3.85. The Morgan fingerprint density at radius 2 is 1.85 bits per heavy atom. The number of pyridine rings is 1. The van der Waals surface area contributed by atoms with Gasteiger partial charge in [-0.15, -0.1) is 0 Å². The number of nitrogens with zero attached hydrogens (tertiary/aromatic N) is 5. The van der Waals surface area contributed by atoms with Crippen LogP contribution in [-0.2, 0) is 6.54 Å². The molecule has 0 amide bonds. The van der Waals surface area contributed by atoms with Crippen molar-refractivity contribution in [2.75, 3.05) is 23.3 Å². The largest absolute Gasteiger partial charge is 0.368 e. The summed E-state index contributed by atoms with van der Waals surface area (Å²) in [6, 6.07) is 23.0. The molecule has 2 heterocycles. The SMILES string of the molecule is O=[N+]([O-])c1ccc(NCCN(Cc2cccc(Br)c2)c2nccc(-c3ccccc3)n2)nc1. The van der Waals surface area contributed by atoms with Gasteiger partial charge in [-0.05, 0) is 29.8 Å². The van der Waals surface area contributed by atoms with Gasteiger partial charge in [-0.3, -0.25) is 10.1 Å². The first-order chi connectivity index (χ1) is 16.1. The van der Waals surface area contributed by atoms with Crippen LogP contribution < -0.4 is 10.2 Å². The van der Waals surface area contributed by atoms with E-state index in [1.54, 1.807) is 12.3 Å². The van der Waals surface area contributed by atoms with Crippen molar-refractivity contribution in [2.24, 2.45) is 0 Å². The third-order valence-corrected chi connectivity index (χ3v) is 5.40. The highest BCUT2D eigenvalue weighted by molar-refractivity contribution is 9.10. The number of rotatable bonds is 9. The number of benzene rings is 2. The van der Waals surface area contributed by atoms with E-state index in [0.29, 0.717) is 31.4 Å². The monoisotopic (exact) mass is 504 g/mol. The fraction of sp³-hybridized carbons (Fsp3) is 0.125. The van der Waals surface area contributed by atoms with Gasteiger partial charge >= 0.3 is 0 Å². The molecule has 0 fully saturated rings. The number of hydrogen-bond acceptors (Lipinski definition) is 7. The van der Waals surface area contributed by atoms with E-state index in [0.717, 1.165) is 21.3 Å². The molecule has 0 aliphatic rings. The summed E-state index contributed by atoms with van der Waals surface area (Å²) < 4.78 is 1.01. The zero-order chi connectivity index (χ0) is 23.0. The Bertz CT molecular complexity index is 1220. The van der Waals surface area contributed by atoms with Crippen LogP contribution in [-0.4, -0.2) is 33.0 Å². The molecule has 0 aliphatic heterocycles. The van der Waals surface area contributed by atoms with Gasteiger partial charge in [0.2, 0.25) is 5.95 Å². The zero-order valence-corrected chi connectivity index (χ0v) is 19.2. The van der Waals surface area contributed by atoms with E-state index in [9.17, 15) is 10.1 Å². The Morgan fingerprint density at radius 3 is 2.58 bits per heavy atom. The zero-order valence-electron chi connectivity index (χ0n) is 17.6. The van der Waals surface area contributed by atoms with Crippen LogP contribution in [0.1, 0.15) is 5.56 Å². The second kappa shape index (κ2) is 10.6. The molecule has 4 rings (SSSR count). The summed E-state index contributed by atoms with van der Waals surface area (Å²) in [6.45, 7) is 1.77. The molecule has 0 saturated carbocycles. The van der Waals surface area contributed by atoms with Crippen molar-refractivity contribution in [1.82, 2.24) is 15.0 Å². The molecule has 166 valence electrons. The molecule has 8 nitrogen and oxygen atoms in total. The van der Waals surface area contributed by atoms with Gasteiger partial charge < -0.3 is 10.2 Å². The highest BCUT2D eigenvalue weighted by Gasteiger charge is 2.13. The van der Waals surface area contributed by atoms with Gasteiger partial charge in [0.1, 0.15) is 12.0 Å². The fourth-order valence-corrected chi connectivity index (χ4v) is 3.74. The lowest BCUT2D eigenvalue weighted by molar-refractivity contribution is -0.385. The van der Waals surface area contributed by atoms with Crippen LogP contribution in [0.5, 0.6) is 0 Å². The van der Waals surface area contributed by atoms with E-state index in [1.165, 1.54) is 12.3 Å². The molecular weight excluding hydrogens is 484 g/mol. The van der Waals surface area contributed by atoms with Crippen molar-refractivity contribution < 1.29 is 4.92 Å². The van der Waals surface area contributed by atoms with Crippen molar-refractivity contribution in [3.63, 3.8) is 0 Å². The number of halogens is 1. The van der Waals surface area contributed by atoms with Gasteiger partial charge in [0, 0.05) is 41.9 Å².